The quantitative estimate of drug-likeness (QED) is 0.618. The van der Waals surface area contributed by atoms with E-state index in [0.717, 1.165) is 16.8 Å². The molecule has 0 bridgehead atoms. The molecule has 2 heterocycles. The van der Waals surface area contributed by atoms with Crippen LogP contribution in [0.2, 0.25) is 0 Å². The highest BCUT2D eigenvalue weighted by atomic mass is 16.6. The van der Waals surface area contributed by atoms with E-state index in [1.165, 1.54) is 4.90 Å². The first kappa shape index (κ1) is 27.5. The number of hydrogen-bond donors (Lipinski definition) is 1. The predicted molar refractivity (Wildman–Crippen MR) is 139 cm³/mol. The predicted octanol–water partition coefficient (Wildman–Crippen LogP) is 5.10. The second-order valence-corrected chi connectivity index (χ2v) is 11.5. The number of benzene rings is 1. The highest BCUT2D eigenvalue weighted by molar-refractivity contribution is 5.86. The van der Waals surface area contributed by atoms with Crippen molar-refractivity contribution in [3.05, 3.63) is 59.3 Å². The van der Waals surface area contributed by atoms with Crippen LogP contribution < -0.4 is 4.90 Å². The molecule has 1 fully saturated rings. The molecule has 1 N–H and O–H groups in total. The number of amides is 2. The van der Waals surface area contributed by atoms with Gasteiger partial charge in [-0.3, -0.25) is 4.90 Å². The Morgan fingerprint density at radius 3 is 2.28 bits per heavy atom. The zero-order valence-corrected chi connectivity index (χ0v) is 22.4. The highest BCUT2D eigenvalue weighted by Gasteiger charge is 2.36. The molecule has 36 heavy (non-hydrogen) atoms. The number of carbonyl (C=O) groups excluding carboxylic acids is 2. The number of aromatic nitrogens is 1. The lowest BCUT2D eigenvalue weighted by molar-refractivity contribution is 0.0269. The van der Waals surface area contributed by atoms with E-state index < -0.39 is 29.5 Å². The van der Waals surface area contributed by atoms with Crippen molar-refractivity contribution in [2.75, 3.05) is 18.0 Å². The van der Waals surface area contributed by atoms with Gasteiger partial charge in [0.1, 0.15) is 17.0 Å². The van der Waals surface area contributed by atoms with Gasteiger partial charge in [-0.1, -0.05) is 30.3 Å². The molecule has 3 rings (SSSR count). The van der Waals surface area contributed by atoms with Crippen LogP contribution in [0.5, 0.6) is 0 Å². The van der Waals surface area contributed by atoms with Crippen molar-refractivity contribution >= 4 is 18.0 Å². The molecule has 0 spiro atoms. The number of likely N-dealkylation sites (tertiary alicyclic amines) is 1. The van der Waals surface area contributed by atoms with Crippen LogP contribution >= 0.6 is 0 Å². The molecule has 8 heteroatoms. The van der Waals surface area contributed by atoms with E-state index in [2.05, 4.69) is 0 Å². The van der Waals surface area contributed by atoms with Gasteiger partial charge in [-0.05, 0) is 78.1 Å². The summed E-state index contributed by atoms with van der Waals surface area (Å²) >= 11 is 0. The normalized spacial score (nSPS) is 18.2. The number of pyridine rings is 1. The van der Waals surface area contributed by atoms with E-state index in [1.54, 1.807) is 4.90 Å². The Bertz CT molecular complexity index is 1060. The van der Waals surface area contributed by atoms with Crippen molar-refractivity contribution in [3.8, 4) is 0 Å². The van der Waals surface area contributed by atoms with Gasteiger partial charge < -0.3 is 19.5 Å². The van der Waals surface area contributed by atoms with Crippen LogP contribution in [0.3, 0.4) is 0 Å². The lowest BCUT2D eigenvalue weighted by Gasteiger charge is -2.27. The Morgan fingerprint density at radius 1 is 1.03 bits per heavy atom. The van der Waals surface area contributed by atoms with Crippen LogP contribution in [-0.4, -0.2) is 57.6 Å². The summed E-state index contributed by atoms with van der Waals surface area (Å²) in [5.74, 6) is 0.295. The SMILES string of the molecule is Cc1cc(C[C@H]2CN(C(=O)OC(C)(C)C)C[C@@H]2O)nc(N(Cc2ccccc2)C(=O)OC(C)(C)C)c1. The molecule has 1 saturated heterocycles. The maximum Gasteiger partial charge on any atom is 0.416 e. The minimum atomic E-state index is -0.686. The number of aliphatic hydroxyl groups excluding tert-OH is 1. The number of aliphatic hydroxyl groups is 1. The van der Waals surface area contributed by atoms with E-state index in [9.17, 15) is 14.7 Å². The maximum absolute atomic E-state index is 13.2. The largest absolute Gasteiger partial charge is 0.444 e. The molecular formula is C28H39N3O5. The second kappa shape index (κ2) is 10.9. The van der Waals surface area contributed by atoms with Crippen LogP contribution in [0.25, 0.3) is 0 Å². The first-order valence-corrected chi connectivity index (χ1v) is 12.4. The summed E-state index contributed by atoms with van der Waals surface area (Å²) in [7, 11) is 0. The van der Waals surface area contributed by atoms with E-state index in [0.29, 0.717) is 25.3 Å². The van der Waals surface area contributed by atoms with E-state index in [4.69, 9.17) is 14.5 Å². The summed E-state index contributed by atoms with van der Waals surface area (Å²) < 4.78 is 11.1. The number of aryl methyl sites for hydroxylation is 1. The van der Waals surface area contributed by atoms with Gasteiger partial charge >= 0.3 is 12.2 Å². The standard InChI is InChI=1S/C28H39N3O5/c1-19-13-22(15-21-17-30(18-23(21)32)25(33)35-27(2,3)4)29-24(14-19)31(26(34)36-28(5,6)7)16-20-11-9-8-10-12-20/h8-14,21,23,32H,15-18H2,1-7H3/t21-,23-/m0/s1. The van der Waals surface area contributed by atoms with Crippen molar-refractivity contribution in [2.45, 2.75) is 78.7 Å². The van der Waals surface area contributed by atoms with Gasteiger partial charge in [0, 0.05) is 18.2 Å². The Balaban J connectivity index is 1.82. The summed E-state index contributed by atoms with van der Waals surface area (Å²) in [6, 6.07) is 13.5. The third-order valence-electron chi connectivity index (χ3n) is 5.61. The molecule has 2 amide bonds. The average Bonchev–Trinajstić information content (AvgIpc) is 3.10. The molecule has 0 saturated carbocycles. The zero-order chi connectivity index (χ0) is 26.7. The van der Waals surface area contributed by atoms with Gasteiger partial charge in [0.15, 0.2) is 0 Å². The molecule has 8 nitrogen and oxygen atoms in total. The number of ether oxygens (including phenoxy) is 2. The van der Waals surface area contributed by atoms with E-state index in [-0.39, 0.29) is 12.5 Å². The molecule has 1 aromatic carbocycles. The monoisotopic (exact) mass is 497 g/mol. The van der Waals surface area contributed by atoms with E-state index >= 15 is 0 Å². The van der Waals surface area contributed by atoms with Crippen LogP contribution in [0.15, 0.2) is 42.5 Å². The van der Waals surface area contributed by atoms with Gasteiger partial charge in [-0.2, -0.15) is 0 Å². The van der Waals surface area contributed by atoms with Crippen LogP contribution in [-0.2, 0) is 22.4 Å². The number of nitrogens with zero attached hydrogens (tertiary/aromatic N) is 3. The van der Waals surface area contributed by atoms with Gasteiger partial charge in [-0.25, -0.2) is 14.6 Å². The fourth-order valence-electron chi connectivity index (χ4n) is 4.08. The minimum Gasteiger partial charge on any atom is -0.444 e. The molecule has 2 atom stereocenters. The lowest BCUT2D eigenvalue weighted by Crippen LogP contribution is -2.37. The Kier molecular flexibility index (Phi) is 8.29. The first-order valence-electron chi connectivity index (χ1n) is 12.4. The fraction of sp³-hybridized carbons (Fsp3) is 0.536. The molecule has 0 unspecified atom stereocenters. The molecule has 0 radical (unpaired) electrons. The van der Waals surface area contributed by atoms with Crippen molar-refractivity contribution in [3.63, 3.8) is 0 Å². The van der Waals surface area contributed by atoms with Gasteiger partial charge in [-0.15, -0.1) is 0 Å². The third-order valence-corrected chi connectivity index (χ3v) is 5.61. The number of anilines is 1. The van der Waals surface area contributed by atoms with Crippen LogP contribution in [0.1, 0.15) is 58.4 Å². The summed E-state index contributed by atoms with van der Waals surface area (Å²) in [6.45, 7) is 13.8. The van der Waals surface area contributed by atoms with E-state index in [1.807, 2.05) is 90.9 Å². The summed E-state index contributed by atoms with van der Waals surface area (Å²) in [5.41, 5.74) is 1.37. The smallest absolute Gasteiger partial charge is 0.416 e. The summed E-state index contributed by atoms with van der Waals surface area (Å²) in [5, 5.41) is 10.7. The minimum absolute atomic E-state index is 0.191. The topological polar surface area (TPSA) is 92.2 Å². The molecule has 196 valence electrons. The molecule has 1 aromatic heterocycles. The Hall–Kier alpha value is -3.13. The molecule has 1 aliphatic heterocycles. The maximum atomic E-state index is 13.2. The number of carbonyl (C=O) groups is 2. The summed E-state index contributed by atoms with van der Waals surface area (Å²) in [4.78, 5) is 33.5. The Morgan fingerprint density at radius 2 is 1.67 bits per heavy atom. The second-order valence-electron chi connectivity index (χ2n) is 11.5. The van der Waals surface area contributed by atoms with Crippen molar-refractivity contribution in [1.29, 1.82) is 0 Å². The van der Waals surface area contributed by atoms with Gasteiger partial charge in [0.05, 0.1) is 19.2 Å². The molecular weight excluding hydrogens is 458 g/mol. The van der Waals surface area contributed by atoms with Crippen molar-refractivity contribution in [2.24, 2.45) is 5.92 Å². The van der Waals surface area contributed by atoms with Crippen molar-refractivity contribution < 1.29 is 24.2 Å². The fourth-order valence-corrected chi connectivity index (χ4v) is 4.08. The van der Waals surface area contributed by atoms with Crippen LogP contribution in [0.4, 0.5) is 15.4 Å². The summed E-state index contributed by atoms with van der Waals surface area (Å²) in [6.07, 6.45) is -1.13. The van der Waals surface area contributed by atoms with Gasteiger partial charge in [0.2, 0.25) is 0 Å². The number of hydrogen-bond acceptors (Lipinski definition) is 6. The molecule has 1 aliphatic rings. The zero-order valence-electron chi connectivity index (χ0n) is 22.4. The molecule has 2 aromatic rings. The van der Waals surface area contributed by atoms with Gasteiger partial charge in [0.25, 0.3) is 0 Å². The third kappa shape index (κ3) is 7.95. The lowest BCUT2D eigenvalue weighted by atomic mass is 9.99. The molecule has 0 aliphatic carbocycles. The first-order chi connectivity index (χ1) is 16.7. The average molecular weight is 498 g/mol. The number of β-amino-alcohol motifs (C(OH)–C–C–N with tert-alkyl or cyclic N) is 1. The highest BCUT2D eigenvalue weighted by Crippen LogP contribution is 2.26. The number of rotatable bonds is 5. The van der Waals surface area contributed by atoms with Crippen LogP contribution in [0, 0.1) is 12.8 Å². The Labute approximate surface area is 214 Å². The van der Waals surface area contributed by atoms with Crippen molar-refractivity contribution in [1.82, 2.24) is 9.88 Å².